The van der Waals surface area contributed by atoms with Crippen LogP contribution in [0.3, 0.4) is 0 Å². The molecule has 2 aromatic carbocycles. The molecule has 2 bridgehead atoms. The van der Waals surface area contributed by atoms with Gasteiger partial charge in [-0.15, -0.1) is 0 Å². The molecule has 0 radical (unpaired) electrons. The van der Waals surface area contributed by atoms with Crippen LogP contribution in [0.5, 0.6) is 0 Å². The lowest BCUT2D eigenvalue weighted by atomic mass is 9.90. The van der Waals surface area contributed by atoms with Gasteiger partial charge in [0.2, 0.25) is 5.91 Å². The molecule has 3 heterocycles. The number of aromatic nitrogens is 1. The number of ether oxygens (including phenoxy) is 1. The van der Waals surface area contributed by atoms with Crippen LogP contribution in [0.4, 0.5) is 15.8 Å². The van der Waals surface area contributed by atoms with E-state index in [1.165, 1.54) is 0 Å². The second kappa shape index (κ2) is 11.7. The first kappa shape index (κ1) is 30.1. The van der Waals surface area contributed by atoms with Crippen LogP contribution >= 0.6 is 0 Å². The van der Waals surface area contributed by atoms with Gasteiger partial charge in [-0.25, -0.2) is 4.39 Å². The Labute approximate surface area is 267 Å². The van der Waals surface area contributed by atoms with Gasteiger partial charge in [0.15, 0.2) is 5.67 Å². The number of pyridine rings is 1. The molecule has 0 spiro atoms. The number of nitrogens with zero attached hydrogens (tertiary/aromatic N) is 2. The van der Waals surface area contributed by atoms with Crippen LogP contribution in [-0.4, -0.2) is 59.5 Å². The fourth-order valence-corrected chi connectivity index (χ4v) is 7.26. The fraction of sp³-hybridized carbons (Fsp3) is 0.389. The van der Waals surface area contributed by atoms with E-state index >= 15 is 0 Å². The number of nitrogens with two attached hydrogens (primary N) is 1. The number of carbonyl (C=O) groups is 2. The third-order valence-corrected chi connectivity index (χ3v) is 9.84. The van der Waals surface area contributed by atoms with Crippen molar-refractivity contribution < 1.29 is 18.7 Å². The van der Waals surface area contributed by atoms with Gasteiger partial charge < -0.3 is 31.4 Å². The number of nitrogens with one attached hydrogen (secondary N) is 3. The molecule has 238 valence electrons. The van der Waals surface area contributed by atoms with Crippen LogP contribution in [0, 0.1) is 5.41 Å². The SMILES string of the molecule is CC(=N)/C(=C(/C)N)c1ccc(NC(=O)C(NC(=O)C2(F)CC2)[C@@H]2CCc3ccc(-c4cncc(N5CC6CC5CO6)c4)cc32)cc1. The zero-order valence-corrected chi connectivity index (χ0v) is 26.1. The van der Waals surface area contributed by atoms with Crippen LogP contribution in [0.25, 0.3) is 16.7 Å². The number of aryl methyl sites for hydroxylation is 1. The predicted molar refractivity (Wildman–Crippen MR) is 176 cm³/mol. The van der Waals surface area contributed by atoms with Crippen molar-refractivity contribution in [2.45, 2.75) is 75.7 Å². The number of hydrogen-bond acceptors (Lipinski definition) is 7. The van der Waals surface area contributed by atoms with E-state index in [-0.39, 0.29) is 24.9 Å². The predicted octanol–water partition coefficient (Wildman–Crippen LogP) is 5.11. The van der Waals surface area contributed by atoms with Crippen LogP contribution < -0.4 is 21.3 Å². The van der Waals surface area contributed by atoms with E-state index in [0.29, 0.717) is 35.1 Å². The molecule has 3 unspecified atom stereocenters. The van der Waals surface area contributed by atoms with Gasteiger partial charge in [-0.05, 0) is 86.4 Å². The maximum Gasteiger partial charge on any atom is 0.258 e. The van der Waals surface area contributed by atoms with Crippen molar-refractivity contribution in [3.63, 3.8) is 0 Å². The number of fused-ring (bicyclic) bond motifs is 3. The molecule has 2 aliphatic heterocycles. The molecule has 4 aliphatic rings. The van der Waals surface area contributed by atoms with Crippen LogP contribution in [0.1, 0.15) is 62.1 Å². The summed E-state index contributed by atoms with van der Waals surface area (Å²) in [4.78, 5) is 33.8. The second-order valence-electron chi connectivity index (χ2n) is 13.2. The van der Waals surface area contributed by atoms with Gasteiger partial charge in [0.1, 0.15) is 6.04 Å². The summed E-state index contributed by atoms with van der Waals surface area (Å²) < 4.78 is 20.7. The fourth-order valence-electron chi connectivity index (χ4n) is 7.26. The smallest absolute Gasteiger partial charge is 0.258 e. The van der Waals surface area contributed by atoms with E-state index in [2.05, 4.69) is 44.8 Å². The van der Waals surface area contributed by atoms with Crippen molar-refractivity contribution in [2.24, 2.45) is 5.73 Å². The molecule has 5 N–H and O–H groups in total. The Morgan fingerprint density at radius 3 is 2.54 bits per heavy atom. The van der Waals surface area contributed by atoms with Gasteiger partial charge in [-0.1, -0.05) is 30.3 Å². The van der Waals surface area contributed by atoms with E-state index in [1.807, 2.05) is 12.4 Å². The number of halogens is 1. The van der Waals surface area contributed by atoms with Crippen molar-refractivity contribution in [1.82, 2.24) is 10.3 Å². The summed E-state index contributed by atoms with van der Waals surface area (Å²) >= 11 is 0. The minimum Gasteiger partial charge on any atom is -0.402 e. The maximum atomic E-state index is 14.9. The zero-order valence-electron chi connectivity index (χ0n) is 26.1. The first-order chi connectivity index (χ1) is 22.1. The van der Waals surface area contributed by atoms with Crippen molar-refractivity contribution in [3.8, 4) is 11.1 Å². The van der Waals surface area contributed by atoms with Crippen molar-refractivity contribution in [2.75, 3.05) is 23.4 Å². The molecule has 1 aromatic heterocycles. The molecule has 3 fully saturated rings. The monoisotopic (exact) mass is 622 g/mol. The molecule has 2 amide bonds. The summed E-state index contributed by atoms with van der Waals surface area (Å²) in [6.07, 6.45) is 6.79. The Hall–Kier alpha value is -4.57. The number of anilines is 2. The Morgan fingerprint density at radius 1 is 1.11 bits per heavy atom. The van der Waals surface area contributed by atoms with E-state index in [4.69, 9.17) is 15.9 Å². The van der Waals surface area contributed by atoms with Gasteiger partial charge in [0.05, 0.1) is 30.6 Å². The highest BCUT2D eigenvalue weighted by Gasteiger charge is 2.52. The van der Waals surface area contributed by atoms with E-state index in [9.17, 15) is 14.0 Å². The largest absolute Gasteiger partial charge is 0.402 e. The van der Waals surface area contributed by atoms with Crippen LogP contribution in [0.2, 0.25) is 0 Å². The van der Waals surface area contributed by atoms with Gasteiger partial charge in [-0.3, -0.25) is 14.6 Å². The van der Waals surface area contributed by atoms with Gasteiger partial charge in [-0.2, -0.15) is 0 Å². The molecule has 7 rings (SSSR count). The molecule has 10 heteroatoms. The molecule has 4 atom stereocenters. The first-order valence-corrected chi connectivity index (χ1v) is 16.0. The van der Waals surface area contributed by atoms with E-state index in [1.54, 1.807) is 38.1 Å². The summed E-state index contributed by atoms with van der Waals surface area (Å²) in [6.45, 7) is 5.03. The van der Waals surface area contributed by atoms with Gasteiger partial charge in [0.25, 0.3) is 5.91 Å². The molecule has 1 saturated carbocycles. The summed E-state index contributed by atoms with van der Waals surface area (Å²) in [5.41, 5.74) is 12.0. The normalized spacial score (nSPS) is 23.4. The number of hydrogen-bond donors (Lipinski definition) is 4. The summed E-state index contributed by atoms with van der Waals surface area (Å²) in [5, 5.41) is 13.8. The lowest BCUT2D eigenvalue weighted by Gasteiger charge is -2.29. The molecule has 9 nitrogen and oxygen atoms in total. The number of benzene rings is 2. The number of alkyl halides is 1. The Morgan fingerprint density at radius 2 is 1.89 bits per heavy atom. The Bertz CT molecular complexity index is 1750. The molecule has 2 saturated heterocycles. The molecule has 46 heavy (non-hydrogen) atoms. The van der Waals surface area contributed by atoms with Gasteiger partial charge >= 0.3 is 0 Å². The third-order valence-electron chi connectivity index (χ3n) is 9.84. The Kier molecular flexibility index (Phi) is 7.63. The summed E-state index contributed by atoms with van der Waals surface area (Å²) in [6, 6.07) is 14.9. The summed E-state index contributed by atoms with van der Waals surface area (Å²) in [7, 11) is 0. The van der Waals surface area contributed by atoms with Crippen molar-refractivity contribution in [3.05, 3.63) is 83.3 Å². The molecular formula is C36H39FN6O3. The minimum atomic E-state index is -1.91. The Balaban J connectivity index is 1.15. The first-order valence-electron chi connectivity index (χ1n) is 16.0. The average molecular weight is 623 g/mol. The zero-order chi connectivity index (χ0) is 32.2. The average Bonchev–Trinajstić information content (AvgIpc) is 3.37. The number of amides is 2. The maximum absolute atomic E-state index is 14.9. The van der Waals surface area contributed by atoms with Crippen molar-refractivity contribution in [1.29, 1.82) is 5.41 Å². The summed E-state index contributed by atoms with van der Waals surface area (Å²) in [5.74, 6) is -1.47. The molecule has 3 aromatic rings. The number of carbonyl (C=O) groups excluding carboxylic acids is 2. The van der Waals surface area contributed by atoms with Crippen LogP contribution in [0.15, 0.2) is 66.6 Å². The van der Waals surface area contributed by atoms with Gasteiger partial charge in [0, 0.05) is 46.9 Å². The molecule has 2 aliphatic carbocycles. The standard InChI is InChI=1S/C36H39FN6O3/c1-20(38)32(21(2)39)23-5-8-26(9-6-23)41-34(44)33(42-35(45)36(37)11-12-36)30-10-7-22-3-4-24(14-31(22)30)25-13-27(17-40-16-25)43-18-29-15-28(43)19-46-29/h3-6,8-9,13-14,16-17,28-30,33,38H,7,10-12,15,18-19,39H2,1-2H3,(H,41,44)(H,42,45)/b32-21+,38-20?/t28?,29?,30-,33?/m1/s1. The van der Waals surface area contributed by atoms with Crippen LogP contribution in [-0.2, 0) is 20.7 Å². The highest BCUT2D eigenvalue weighted by Crippen LogP contribution is 2.42. The highest BCUT2D eigenvalue weighted by atomic mass is 19.1. The molecular weight excluding hydrogens is 583 g/mol. The van der Waals surface area contributed by atoms with E-state index < -0.39 is 23.5 Å². The van der Waals surface area contributed by atoms with Crippen molar-refractivity contribution >= 4 is 34.5 Å². The minimum absolute atomic E-state index is 0.164. The lowest BCUT2D eigenvalue weighted by molar-refractivity contribution is -0.131. The number of rotatable bonds is 9. The second-order valence-corrected chi connectivity index (χ2v) is 13.2. The topological polar surface area (TPSA) is 133 Å². The van der Waals surface area contributed by atoms with E-state index in [0.717, 1.165) is 59.5 Å². The number of allylic oxidation sites excluding steroid dienone is 2. The number of morpholine rings is 1. The quantitative estimate of drug-likeness (QED) is 0.245. The third kappa shape index (κ3) is 5.66. The lowest BCUT2D eigenvalue weighted by Crippen LogP contribution is -2.50. The highest BCUT2D eigenvalue weighted by molar-refractivity contribution is 6.21.